The number of hydrogen-bond donors (Lipinski definition) is 2. The zero-order valence-corrected chi connectivity index (χ0v) is 13.7. The fraction of sp³-hybridized carbons (Fsp3) is 0.250. The van der Waals surface area contributed by atoms with E-state index in [-0.39, 0.29) is 5.82 Å². The van der Waals surface area contributed by atoms with Gasteiger partial charge < -0.3 is 10.6 Å². The van der Waals surface area contributed by atoms with E-state index in [9.17, 15) is 4.39 Å². The third-order valence-corrected chi connectivity index (χ3v) is 4.62. The average Bonchev–Trinajstić information content (AvgIpc) is 2.60. The lowest BCUT2D eigenvalue weighted by molar-refractivity contribution is 0.636. The molecule has 0 aliphatic carbocycles. The van der Waals surface area contributed by atoms with Gasteiger partial charge in [-0.15, -0.1) is 0 Å². The van der Waals surface area contributed by atoms with E-state index in [1.54, 1.807) is 6.07 Å². The summed E-state index contributed by atoms with van der Waals surface area (Å²) < 4.78 is 14.0. The number of hydrogen-bond acceptors (Lipinski definition) is 3. The fourth-order valence-corrected chi connectivity index (χ4v) is 3.45. The van der Waals surface area contributed by atoms with Crippen molar-refractivity contribution in [1.29, 1.82) is 0 Å². The largest absolute Gasteiger partial charge is 0.380 e. The van der Waals surface area contributed by atoms with Gasteiger partial charge in [0.2, 0.25) is 0 Å². The van der Waals surface area contributed by atoms with Gasteiger partial charge in [0.25, 0.3) is 0 Å². The van der Waals surface area contributed by atoms with Crippen LogP contribution in [-0.2, 0) is 19.5 Å². The number of halogens is 1. The van der Waals surface area contributed by atoms with Crippen LogP contribution in [0, 0.1) is 12.7 Å². The maximum atomic E-state index is 14.0. The Kier molecular flexibility index (Phi) is 3.90. The van der Waals surface area contributed by atoms with Crippen molar-refractivity contribution >= 4 is 16.6 Å². The molecular formula is C20H20FN3. The third-order valence-electron chi connectivity index (χ3n) is 4.62. The van der Waals surface area contributed by atoms with Gasteiger partial charge in [-0.05, 0) is 48.7 Å². The van der Waals surface area contributed by atoms with Crippen LogP contribution in [0.3, 0.4) is 0 Å². The normalized spacial score (nSPS) is 13.8. The van der Waals surface area contributed by atoms with E-state index in [0.717, 1.165) is 42.8 Å². The number of rotatable bonds is 3. The summed E-state index contributed by atoms with van der Waals surface area (Å²) in [6.07, 6.45) is 1.05. The molecule has 1 aliphatic rings. The minimum absolute atomic E-state index is 0.276. The smallest absolute Gasteiger partial charge is 0.149 e. The van der Waals surface area contributed by atoms with Crippen LogP contribution in [-0.4, -0.2) is 11.5 Å². The Bertz CT molecular complexity index is 905. The molecule has 0 saturated heterocycles. The third kappa shape index (κ3) is 2.74. The Morgan fingerprint density at radius 3 is 3.00 bits per heavy atom. The van der Waals surface area contributed by atoms with Gasteiger partial charge in [0.1, 0.15) is 11.3 Å². The molecule has 0 bridgehead atoms. The van der Waals surface area contributed by atoms with Crippen LogP contribution in [0.1, 0.15) is 22.4 Å². The molecule has 0 radical (unpaired) electrons. The summed E-state index contributed by atoms with van der Waals surface area (Å²) in [6.45, 7) is 4.59. The van der Waals surface area contributed by atoms with Crippen LogP contribution >= 0.6 is 0 Å². The van der Waals surface area contributed by atoms with E-state index in [1.165, 1.54) is 22.8 Å². The SMILES string of the molecule is Cc1cc(NCc2cccc3c2CCNC3)c2cccc(F)c2n1. The van der Waals surface area contributed by atoms with Gasteiger partial charge in [-0.2, -0.15) is 0 Å². The standard InChI is InChI=1S/C20H20FN3/c1-13-10-19(17-6-3-7-18(21)20(17)24-13)23-12-15-5-2-4-14-11-22-9-8-16(14)15/h2-7,10,22H,8-9,11-12H2,1H3,(H,23,24). The number of nitrogens with one attached hydrogen (secondary N) is 2. The number of para-hydroxylation sites is 1. The minimum atomic E-state index is -0.276. The van der Waals surface area contributed by atoms with Gasteiger partial charge >= 0.3 is 0 Å². The van der Waals surface area contributed by atoms with Crippen LogP contribution in [0.5, 0.6) is 0 Å². The van der Waals surface area contributed by atoms with Gasteiger partial charge in [0, 0.05) is 29.9 Å². The summed E-state index contributed by atoms with van der Waals surface area (Å²) in [5.41, 5.74) is 6.30. The van der Waals surface area contributed by atoms with E-state index >= 15 is 0 Å². The number of fused-ring (bicyclic) bond motifs is 2. The van der Waals surface area contributed by atoms with Crippen molar-refractivity contribution in [3.05, 3.63) is 70.7 Å². The van der Waals surface area contributed by atoms with Gasteiger partial charge in [-0.1, -0.05) is 30.3 Å². The first-order chi connectivity index (χ1) is 11.7. The number of pyridine rings is 1. The molecule has 0 spiro atoms. The van der Waals surface area contributed by atoms with Gasteiger partial charge in [-0.3, -0.25) is 0 Å². The van der Waals surface area contributed by atoms with Crippen molar-refractivity contribution in [3.8, 4) is 0 Å². The zero-order valence-electron chi connectivity index (χ0n) is 13.7. The lowest BCUT2D eigenvalue weighted by Gasteiger charge is -2.21. The molecule has 2 N–H and O–H groups in total. The second kappa shape index (κ2) is 6.21. The molecule has 0 fully saturated rings. The van der Waals surface area contributed by atoms with Crippen molar-refractivity contribution in [3.63, 3.8) is 0 Å². The van der Waals surface area contributed by atoms with Gasteiger partial charge in [-0.25, -0.2) is 9.37 Å². The Hall–Kier alpha value is -2.46. The Morgan fingerprint density at radius 2 is 2.08 bits per heavy atom. The first-order valence-corrected chi connectivity index (χ1v) is 8.32. The fourth-order valence-electron chi connectivity index (χ4n) is 3.45. The predicted molar refractivity (Wildman–Crippen MR) is 95.6 cm³/mol. The molecule has 0 unspecified atom stereocenters. The van der Waals surface area contributed by atoms with Crippen LogP contribution in [0.2, 0.25) is 0 Å². The summed E-state index contributed by atoms with van der Waals surface area (Å²) in [5.74, 6) is -0.276. The predicted octanol–water partition coefficient (Wildman–Crippen LogP) is 3.94. The molecule has 4 heteroatoms. The quantitative estimate of drug-likeness (QED) is 0.767. The number of aromatic nitrogens is 1. The topological polar surface area (TPSA) is 37.0 Å². The molecule has 3 aromatic rings. The summed E-state index contributed by atoms with van der Waals surface area (Å²) >= 11 is 0. The lowest BCUT2D eigenvalue weighted by Crippen LogP contribution is -2.25. The molecule has 24 heavy (non-hydrogen) atoms. The average molecular weight is 321 g/mol. The maximum Gasteiger partial charge on any atom is 0.149 e. The Morgan fingerprint density at radius 1 is 1.21 bits per heavy atom. The first kappa shape index (κ1) is 15.1. The highest BCUT2D eigenvalue weighted by Gasteiger charge is 2.13. The minimum Gasteiger partial charge on any atom is -0.380 e. The molecule has 2 heterocycles. The van der Waals surface area contributed by atoms with Gasteiger partial charge in [0.15, 0.2) is 0 Å². The maximum absolute atomic E-state index is 14.0. The van der Waals surface area contributed by atoms with E-state index in [1.807, 2.05) is 19.1 Å². The van der Waals surface area contributed by atoms with Crippen LogP contribution in [0.25, 0.3) is 10.9 Å². The van der Waals surface area contributed by atoms with E-state index < -0.39 is 0 Å². The molecule has 2 aromatic carbocycles. The van der Waals surface area contributed by atoms with Crippen molar-refractivity contribution in [2.24, 2.45) is 0 Å². The van der Waals surface area contributed by atoms with Crippen LogP contribution < -0.4 is 10.6 Å². The summed E-state index contributed by atoms with van der Waals surface area (Å²) in [7, 11) is 0. The Labute approximate surface area is 140 Å². The second-order valence-corrected chi connectivity index (χ2v) is 6.28. The summed E-state index contributed by atoms with van der Waals surface area (Å²) in [6, 6.07) is 13.6. The lowest BCUT2D eigenvalue weighted by atomic mass is 9.95. The van der Waals surface area contributed by atoms with Gasteiger partial charge in [0.05, 0.1) is 0 Å². The highest BCUT2D eigenvalue weighted by atomic mass is 19.1. The number of nitrogens with zero attached hydrogens (tertiary/aromatic N) is 1. The molecular weight excluding hydrogens is 301 g/mol. The molecule has 0 saturated carbocycles. The van der Waals surface area contributed by atoms with Crippen LogP contribution in [0.4, 0.5) is 10.1 Å². The summed E-state index contributed by atoms with van der Waals surface area (Å²) in [4.78, 5) is 4.34. The molecule has 122 valence electrons. The number of aryl methyl sites for hydroxylation is 1. The van der Waals surface area contributed by atoms with Crippen molar-refractivity contribution in [2.75, 3.05) is 11.9 Å². The monoisotopic (exact) mass is 321 g/mol. The second-order valence-electron chi connectivity index (χ2n) is 6.28. The molecule has 0 amide bonds. The Balaban J connectivity index is 1.68. The van der Waals surface area contributed by atoms with Crippen LogP contribution in [0.15, 0.2) is 42.5 Å². The number of anilines is 1. The molecule has 3 nitrogen and oxygen atoms in total. The van der Waals surface area contributed by atoms with Crippen molar-refractivity contribution in [2.45, 2.75) is 26.4 Å². The van der Waals surface area contributed by atoms with E-state index in [4.69, 9.17) is 0 Å². The van der Waals surface area contributed by atoms with Crippen molar-refractivity contribution in [1.82, 2.24) is 10.3 Å². The molecule has 4 rings (SSSR count). The molecule has 1 aromatic heterocycles. The zero-order chi connectivity index (χ0) is 16.5. The van der Waals surface area contributed by atoms with Crippen molar-refractivity contribution < 1.29 is 4.39 Å². The molecule has 0 atom stereocenters. The summed E-state index contributed by atoms with van der Waals surface area (Å²) in [5, 5.41) is 7.73. The first-order valence-electron chi connectivity index (χ1n) is 8.32. The highest BCUT2D eigenvalue weighted by molar-refractivity contribution is 5.91. The van der Waals surface area contributed by atoms with E-state index in [2.05, 4.69) is 33.8 Å². The highest BCUT2D eigenvalue weighted by Crippen LogP contribution is 2.26. The van der Waals surface area contributed by atoms with E-state index in [0.29, 0.717) is 5.52 Å². The molecule has 1 aliphatic heterocycles. The number of benzene rings is 2.